The van der Waals surface area contributed by atoms with Gasteiger partial charge in [0, 0.05) is 12.0 Å². The van der Waals surface area contributed by atoms with Gasteiger partial charge in [0.05, 0.1) is 5.92 Å². The Morgan fingerprint density at radius 3 is 2.12 bits per heavy atom. The summed E-state index contributed by atoms with van der Waals surface area (Å²) in [5.41, 5.74) is 2.28. The van der Waals surface area contributed by atoms with E-state index in [0.29, 0.717) is 5.56 Å². The number of carbonyl (C=O) groups is 4. The van der Waals surface area contributed by atoms with Crippen LogP contribution in [0.25, 0.3) is 11.1 Å². The quantitative estimate of drug-likeness (QED) is 0.542. The number of rotatable bonds is 6. The molecule has 1 heterocycles. The number of carboxylic acid groups (broad SMARTS) is 1. The fourth-order valence-corrected chi connectivity index (χ4v) is 2.86. The van der Waals surface area contributed by atoms with Crippen LogP contribution in [0, 0.1) is 5.92 Å². The SMILES string of the molecule is O=C1NC(=O)C(C(CC(=O)c2ccc(-c3ccccc3)cc2)C(=O)O)N1. The fraction of sp³-hybridized carbons (Fsp3) is 0.158. The number of urea groups is 1. The topological polar surface area (TPSA) is 113 Å². The highest BCUT2D eigenvalue weighted by Gasteiger charge is 2.41. The number of aliphatic carboxylic acids is 1. The second-order valence-corrected chi connectivity index (χ2v) is 5.96. The van der Waals surface area contributed by atoms with Gasteiger partial charge in [0.2, 0.25) is 0 Å². The third kappa shape index (κ3) is 3.61. The van der Waals surface area contributed by atoms with Crippen molar-refractivity contribution in [3.63, 3.8) is 0 Å². The molecule has 0 radical (unpaired) electrons. The van der Waals surface area contributed by atoms with Crippen LogP contribution in [0.1, 0.15) is 16.8 Å². The van der Waals surface area contributed by atoms with Crippen molar-refractivity contribution in [1.82, 2.24) is 10.6 Å². The number of amides is 3. The third-order valence-corrected chi connectivity index (χ3v) is 4.24. The summed E-state index contributed by atoms with van der Waals surface area (Å²) < 4.78 is 0. The molecule has 1 saturated heterocycles. The van der Waals surface area contributed by atoms with E-state index in [1.54, 1.807) is 24.3 Å². The molecule has 0 spiro atoms. The van der Waals surface area contributed by atoms with Gasteiger partial charge in [0.25, 0.3) is 5.91 Å². The maximum absolute atomic E-state index is 12.4. The van der Waals surface area contributed by atoms with Crippen molar-refractivity contribution in [3.05, 3.63) is 60.2 Å². The Bertz CT molecular complexity index is 861. The lowest BCUT2D eigenvalue weighted by Crippen LogP contribution is -2.42. The van der Waals surface area contributed by atoms with Crippen molar-refractivity contribution in [2.45, 2.75) is 12.5 Å². The number of Topliss-reactive ketones (excluding diaryl/α,β-unsaturated/α-hetero) is 1. The number of imide groups is 1. The summed E-state index contributed by atoms with van der Waals surface area (Å²) >= 11 is 0. The summed E-state index contributed by atoms with van der Waals surface area (Å²) in [5, 5.41) is 13.6. The van der Waals surface area contributed by atoms with Crippen LogP contribution in [-0.2, 0) is 9.59 Å². The molecular formula is C19H16N2O5. The first-order chi connectivity index (χ1) is 12.5. The lowest BCUT2D eigenvalue weighted by Gasteiger charge is -2.16. The number of ketones is 1. The molecule has 0 aliphatic carbocycles. The molecule has 1 fully saturated rings. The molecule has 26 heavy (non-hydrogen) atoms. The van der Waals surface area contributed by atoms with Crippen LogP contribution in [-0.4, -0.2) is 34.8 Å². The van der Waals surface area contributed by atoms with Gasteiger partial charge >= 0.3 is 12.0 Å². The second kappa shape index (κ2) is 7.18. The van der Waals surface area contributed by atoms with E-state index in [-0.39, 0.29) is 0 Å². The molecule has 0 aromatic heterocycles. The van der Waals surface area contributed by atoms with E-state index in [2.05, 4.69) is 5.32 Å². The molecule has 1 aliphatic rings. The molecule has 3 rings (SSSR count). The largest absolute Gasteiger partial charge is 0.481 e. The minimum atomic E-state index is -1.33. The average molecular weight is 352 g/mol. The van der Waals surface area contributed by atoms with Crippen LogP contribution in [0.5, 0.6) is 0 Å². The number of carboxylic acids is 1. The molecule has 3 amide bonds. The molecule has 3 N–H and O–H groups in total. The smallest absolute Gasteiger partial charge is 0.322 e. The lowest BCUT2D eigenvalue weighted by atomic mass is 9.91. The first kappa shape index (κ1) is 17.3. The first-order valence-corrected chi connectivity index (χ1v) is 7.98. The van der Waals surface area contributed by atoms with E-state index in [4.69, 9.17) is 0 Å². The van der Waals surface area contributed by atoms with Gasteiger partial charge in [0.1, 0.15) is 6.04 Å². The highest BCUT2D eigenvalue weighted by Crippen LogP contribution is 2.21. The zero-order valence-electron chi connectivity index (χ0n) is 13.6. The Labute approximate surface area is 149 Å². The predicted octanol–water partition coefficient (Wildman–Crippen LogP) is 1.84. The number of hydrogen-bond acceptors (Lipinski definition) is 4. The number of carbonyl (C=O) groups excluding carboxylic acids is 3. The molecular weight excluding hydrogens is 336 g/mol. The molecule has 0 saturated carbocycles. The lowest BCUT2D eigenvalue weighted by molar-refractivity contribution is -0.144. The Morgan fingerprint density at radius 2 is 1.58 bits per heavy atom. The van der Waals surface area contributed by atoms with E-state index in [1.807, 2.05) is 35.6 Å². The summed E-state index contributed by atoms with van der Waals surface area (Å²) in [6.45, 7) is 0. The van der Waals surface area contributed by atoms with E-state index in [1.165, 1.54) is 0 Å². The van der Waals surface area contributed by atoms with Gasteiger partial charge in [-0.1, -0.05) is 54.6 Å². The number of nitrogens with one attached hydrogen (secondary N) is 2. The van der Waals surface area contributed by atoms with Crippen LogP contribution >= 0.6 is 0 Å². The Hall–Kier alpha value is -3.48. The summed E-state index contributed by atoms with van der Waals surface area (Å²) in [5.74, 6) is -3.80. The molecule has 7 heteroatoms. The highest BCUT2D eigenvalue weighted by atomic mass is 16.4. The zero-order valence-corrected chi connectivity index (χ0v) is 13.6. The zero-order chi connectivity index (χ0) is 18.7. The second-order valence-electron chi connectivity index (χ2n) is 5.96. The monoisotopic (exact) mass is 352 g/mol. The van der Waals surface area contributed by atoms with Crippen molar-refractivity contribution in [1.29, 1.82) is 0 Å². The number of hydrogen-bond donors (Lipinski definition) is 3. The van der Waals surface area contributed by atoms with E-state index in [9.17, 15) is 24.3 Å². The van der Waals surface area contributed by atoms with Crippen molar-refractivity contribution in [3.8, 4) is 11.1 Å². The van der Waals surface area contributed by atoms with E-state index >= 15 is 0 Å². The minimum absolute atomic E-state index is 0.348. The van der Waals surface area contributed by atoms with Crippen molar-refractivity contribution >= 4 is 23.7 Å². The first-order valence-electron chi connectivity index (χ1n) is 7.98. The highest BCUT2D eigenvalue weighted by molar-refractivity contribution is 6.07. The van der Waals surface area contributed by atoms with Gasteiger partial charge in [-0.25, -0.2) is 4.79 Å². The predicted molar refractivity (Wildman–Crippen MR) is 92.4 cm³/mol. The van der Waals surface area contributed by atoms with Gasteiger partial charge in [0.15, 0.2) is 5.78 Å². The molecule has 7 nitrogen and oxygen atoms in total. The Morgan fingerprint density at radius 1 is 0.962 bits per heavy atom. The maximum atomic E-state index is 12.4. The Kier molecular flexibility index (Phi) is 4.79. The molecule has 2 unspecified atom stereocenters. The number of benzene rings is 2. The van der Waals surface area contributed by atoms with Gasteiger partial charge in [-0.05, 0) is 11.1 Å². The van der Waals surface area contributed by atoms with Crippen LogP contribution in [0.2, 0.25) is 0 Å². The van der Waals surface area contributed by atoms with Crippen LogP contribution < -0.4 is 10.6 Å². The third-order valence-electron chi connectivity index (χ3n) is 4.24. The van der Waals surface area contributed by atoms with Crippen LogP contribution in [0.4, 0.5) is 4.79 Å². The summed E-state index contributed by atoms with van der Waals surface area (Å²) in [4.78, 5) is 46.8. The van der Waals surface area contributed by atoms with Crippen molar-refractivity contribution in [2.24, 2.45) is 5.92 Å². The van der Waals surface area contributed by atoms with Gasteiger partial charge in [-0.15, -0.1) is 0 Å². The van der Waals surface area contributed by atoms with Gasteiger partial charge < -0.3 is 10.4 Å². The minimum Gasteiger partial charge on any atom is -0.481 e. The van der Waals surface area contributed by atoms with E-state index in [0.717, 1.165) is 11.1 Å². The maximum Gasteiger partial charge on any atom is 0.322 e. The molecule has 1 aliphatic heterocycles. The average Bonchev–Trinajstić information content (AvgIpc) is 2.98. The van der Waals surface area contributed by atoms with Gasteiger partial charge in [-0.2, -0.15) is 0 Å². The molecule has 2 atom stereocenters. The summed E-state index contributed by atoms with van der Waals surface area (Å²) in [6, 6.07) is 14.4. The molecule has 132 valence electrons. The van der Waals surface area contributed by atoms with Crippen LogP contribution in [0.15, 0.2) is 54.6 Å². The normalized spacial score (nSPS) is 17.3. The summed E-state index contributed by atoms with van der Waals surface area (Å²) in [6.07, 6.45) is -0.390. The van der Waals surface area contributed by atoms with E-state index < -0.39 is 42.1 Å². The standard InChI is InChI=1S/C19H16N2O5/c22-15(10-14(18(24)25)16-17(23)21-19(26)20-16)13-8-6-12(7-9-13)11-4-2-1-3-5-11/h1-9,14,16H,10H2,(H,24,25)(H2,20,21,23,26). The Balaban J connectivity index is 1.75. The molecule has 0 bridgehead atoms. The van der Waals surface area contributed by atoms with Crippen LogP contribution in [0.3, 0.4) is 0 Å². The molecule has 2 aromatic rings. The fourth-order valence-electron chi connectivity index (χ4n) is 2.86. The van der Waals surface area contributed by atoms with Crippen molar-refractivity contribution < 1.29 is 24.3 Å². The molecule has 2 aromatic carbocycles. The summed E-state index contributed by atoms with van der Waals surface area (Å²) in [7, 11) is 0. The van der Waals surface area contributed by atoms with Crippen molar-refractivity contribution in [2.75, 3.05) is 0 Å². The van der Waals surface area contributed by atoms with Gasteiger partial charge in [-0.3, -0.25) is 19.7 Å².